The first kappa shape index (κ1) is 20.6. The third-order valence-electron chi connectivity index (χ3n) is 5.50. The highest BCUT2D eigenvalue weighted by Crippen LogP contribution is 2.30. The van der Waals surface area contributed by atoms with Crippen molar-refractivity contribution in [3.05, 3.63) is 77.6 Å². The van der Waals surface area contributed by atoms with E-state index in [0.717, 1.165) is 29.7 Å². The number of furan rings is 1. The van der Waals surface area contributed by atoms with E-state index in [2.05, 4.69) is 0 Å². The summed E-state index contributed by atoms with van der Waals surface area (Å²) in [7, 11) is 0. The average molecular weight is 417 g/mol. The van der Waals surface area contributed by atoms with E-state index in [1.807, 2.05) is 31.2 Å². The summed E-state index contributed by atoms with van der Waals surface area (Å²) in [6, 6.07) is 17.9. The Morgan fingerprint density at radius 1 is 1.03 bits per heavy atom. The number of ether oxygens (including phenoxy) is 1. The van der Waals surface area contributed by atoms with Crippen molar-refractivity contribution in [3.63, 3.8) is 0 Å². The number of esters is 1. The smallest absolute Gasteiger partial charge is 0.374 e. The lowest BCUT2D eigenvalue weighted by Crippen LogP contribution is -2.44. The van der Waals surface area contributed by atoms with Gasteiger partial charge in [0.1, 0.15) is 5.76 Å². The number of benzene rings is 2. The maximum atomic E-state index is 12.8. The molecular weight excluding hydrogens is 394 g/mol. The number of fused-ring (bicyclic) bond motifs is 1. The van der Waals surface area contributed by atoms with Crippen LogP contribution in [0.15, 0.2) is 65.1 Å². The van der Waals surface area contributed by atoms with Gasteiger partial charge >= 0.3 is 5.97 Å². The molecule has 1 atom stereocenters. The van der Waals surface area contributed by atoms with Gasteiger partial charge in [0.2, 0.25) is 5.76 Å². The summed E-state index contributed by atoms with van der Waals surface area (Å²) in [6.07, 6.45) is 1.78. The zero-order valence-corrected chi connectivity index (χ0v) is 17.5. The van der Waals surface area contributed by atoms with Gasteiger partial charge in [0.05, 0.1) is 0 Å². The van der Waals surface area contributed by atoms with Crippen molar-refractivity contribution in [1.29, 1.82) is 0 Å². The molecule has 1 amide bonds. The molecule has 0 saturated heterocycles. The second kappa shape index (κ2) is 8.60. The van der Waals surface area contributed by atoms with Crippen LogP contribution in [0.25, 0.3) is 11.3 Å². The number of carbonyl (C=O) groups excluding carboxylic acids is 3. The molecule has 4 rings (SSSR count). The molecule has 0 fully saturated rings. The topological polar surface area (TPSA) is 76.8 Å². The zero-order chi connectivity index (χ0) is 22.0. The van der Waals surface area contributed by atoms with E-state index in [0.29, 0.717) is 11.3 Å². The van der Waals surface area contributed by atoms with Crippen LogP contribution in [-0.2, 0) is 16.0 Å². The molecule has 0 N–H and O–H groups in total. The van der Waals surface area contributed by atoms with Gasteiger partial charge in [0, 0.05) is 22.9 Å². The van der Waals surface area contributed by atoms with Crippen LogP contribution in [0.2, 0.25) is 0 Å². The monoisotopic (exact) mass is 417 g/mol. The molecule has 0 spiro atoms. The average Bonchev–Trinajstić information content (AvgIpc) is 3.27. The maximum Gasteiger partial charge on any atom is 0.374 e. The van der Waals surface area contributed by atoms with Crippen LogP contribution >= 0.6 is 0 Å². The first-order chi connectivity index (χ1) is 14.9. The summed E-state index contributed by atoms with van der Waals surface area (Å²) in [5, 5.41) is 0. The Bertz CT molecular complexity index is 1130. The second-order valence-electron chi connectivity index (χ2n) is 7.65. The van der Waals surface area contributed by atoms with Gasteiger partial charge in [-0.15, -0.1) is 0 Å². The predicted molar refractivity (Wildman–Crippen MR) is 116 cm³/mol. The third-order valence-corrected chi connectivity index (χ3v) is 5.50. The lowest BCUT2D eigenvalue weighted by molar-refractivity contribution is -0.122. The molecular formula is C25H23NO5. The number of Topliss-reactive ketones (excluding diaryl/α,β-unsaturated/α-hetero) is 1. The number of rotatable bonds is 5. The molecule has 158 valence electrons. The van der Waals surface area contributed by atoms with E-state index in [9.17, 15) is 14.4 Å². The van der Waals surface area contributed by atoms with Crippen molar-refractivity contribution in [2.24, 2.45) is 0 Å². The first-order valence-electron chi connectivity index (χ1n) is 10.2. The fourth-order valence-electron chi connectivity index (χ4n) is 3.81. The molecule has 6 heteroatoms. The summed E-state index contributed by atoms with van der Waals surface area (Å²) in [5.74, 6) is -0.486. The highest BCUT2D eigenvalue weighted by molar-refractivity contribution is 5.98. The molecule has 0 aliphatic carbocycles. The van der Waals surface area contributed by atoms with E-state index in [1.54, 1.807) is 35.2 Å². The molecule has 31 heavy (non-hydrogen) atoms. The summed E-state index contributed by atoms with van der Waals surface area (Å²) in [4.78, 5) is 38.3. The van der Waals surface area contributed by atoms with Gasteiger partial charge in [-0.05, 0) is 50.5 Å². The van der Waals surface area contributed by atoms with Crippen LogP contribution in [0.4, 0.5) is 5.69 Å². The first-order valence-corrected chi connectivity index (χ1v) is 10.2. The Labute approximate surface area is 180 Å². The molecule has 0 radical (unpaired) electrons. The van der Waals surface area contributed by atoms with Gasteiger partial charge in [-0.25, -0.2) is 4.79 Å². The molecule has 2 aromatic carbocycles. The number of carbonyl (C=O) groups is 3. The Morgan fingerprint density at radius 2 is 1.77 bits per heavy atom. The van der Waals surface area contributed by atoms with Gasteiger partial charge in [-0.2, -0.15) is 0 Å². The molecule has 0 bridgehead atoms. The highest BCUT2D eigenvalue weighted by atomic mass is 16.5. The van der Waals surface area contributed by atoms with Crippen LogP contribution in [0.3, 0.4) is 0 Å². The second-order valence-corrected chi connectivity index (χ2v) is 7.65. The number of amides is 1. The normalized spacial score (nSPS) is 15.3. The molecule has 0 saturated carbocycles. The van der Waals surface area contributed by atoms with E-state index >= 15 is 0 Å². The van der Waals surface area contributed by atoms with Crippen LogP contribution in [0.5, 0.6) is 0 Å². The Morgan fingerprint density at radius 3 is 2.52 bits per heavy atom. The van der Waals surface area contributed by atoms with E-state index in [-0.39, 0.29) is 30.1 Å². The van der Waals surface area contributed by atoms with Crippen LogP contribution in [0.1, 0.15) is 46.7 Å². The predicted octanol–water partition coefficient (Wildman–Crippen LogP) is 4.67. The Kier molecular flexibility index (Phi) is 5.71. The highest BCUT2D eigenvalue weighted by Gasteiger charge is 2.29. The maximum absolute atomic E-state index is 12.8. The number of ketones is 1. The number of nitrogens with zero attached hydrogens (tertiary/aromatic N) is 1. The number of aryl methyl sites for hydroxylation is 1. The fraction of sp³-hybridized carbons (Fsp3) is 0.240. The molecule has 2 heterocycles. The Balaban J connectivity index is 1.42. The fourth-order valence-corrected chi connectivity index (χ4v) is 3.81. The SMILES string of the molecule is CC(=O)c1ccc(-c2ccc(C(=O)OCC(=O)N3c4ccccc4CCC3C)o2)cc1. The standard InChI is InChI=1S/C25H23NO5/c1-16-7-8-19-5-3-4-6-21(19)26(16)24(28)15-30-25(29)23-14-13-22(31-23)20-11-9-18(10-12-20)17(2)27/h3-6,9-14,16H,7-8,15H2,1-2H3. The minimum absolute atomic E-state index is 0.0190. The number of para-hydroxylation sites is 1. The molecule has 3 aromatic rings. The van der Waals surface area contributed by atoms with Crippen LogP contribution < -0.4 is 4.90 Å². The van der Waals surface area contributed by atoms with Crippen molar-refractivity contribution in [3.8, 4) is 11.3 Å². The van der Waals surface area contributed by atoms with Crippen LogP contribution in [-0.4, -0.2) is 30.3 Å². The summed E-state index contributed by atoms with van der Waals surface area (Å²) >= 11 is 0. The van der Waals surface area contributed by atoms with Crippen molar-refractivity contribution in [2.45, 2.75) is 32.7 Å². The van der Waals surface area contributed by atoms with Gasteiger partial charge in [-0.3, -0.25) is 9.59 Å². The van der Waals surface area contributed by atoms with Crippen molar-refractivity contribution in [1.82, 2.24) is 0 Å². The van der Waals surface area contributed by atoms with Crippen molar-refractivity contribution in [2.75, 3.05) is 11.5 Å². The van der Waals surface area contributed by atoms with Gasteiger partial charge in [-0.1, -0.05) is 42.5 Å². The third kappa shape index (κ3) is 4.28. The van der Waals surface area contributed by atoms with Gasteiger partial charge in [0.15, 0.2) is 12.4 Å². The quantitative estimate of drug-likeness (QED) is 0.445. The Hall–Kier alpha value is -3.67. The van der Waals surface area contributed by atoms with Gasteiger partial charge in [0.25, 0.3) is 5.91 Å². The number of hydrogen-bond acceptors (Lipinski definition) is 5. The van der Waals surface area contributed by atoms with Crippen molar-refractivity contribution < 1.29 is 23.5 Å². The molecule has 6 nitrogen and oxygen atoms in total. The molecule has 1 aliphatic heterocycles. The largest absolute Gasteiger partial charge is 0.450 e. The summed E-state index contributed by atoms with van der Waals surface area (Å²) < 4.78 is 10.8. The van der Waals surface area contributed by atoms with Crippen molar-refractivity contribution >= 4 is 23.3 Å². The minimum atomic E-state index is -0.696. The van der Waals surface area contributed by atoms with E-state index < -0.39 is 5.97 Å². The van der Waals surface area contributed by atoms with E-state index in [4.69, 9.17) is 9.15 Å². The molecule has 1 aromatic heterocycles. The molecule has 1 unspecified atom stereocenters. The summed E-state index contributed by atoms with van der Waals surface area (Å²) in [5.41, 5.74) is 3.32. The lowest BCUT2D eigenvalue weighted by atomic mass is 9.96. The van der Waals surface area contributed by atoms with Crippen LogP contribution in [0, 0.1) is 0 Å². The van der Waals surface area contributed by atoms with Gasteiger partial charge < -0.3 is 14.1 Å². The molecule has 1 aliphatic rings. The van der Waals surface area contributed by atoms with E-state index in [1.165, 1.54) is 13.0 Å². The summed E-state index contributed by atoms with van der Waals surface area (Å²) in [6.45, 7) is 3.13. The number of anilines is 1. The lowest BCUT2D eigenvalue weighted by Gasteiger charge is -2.35. The number of hydrogen-bond donors (Lipinski definition) is 0. The zero-order valence-electron chi connectivity index (χ0n) is 17.5. The minimum Gasteiger partial charge on any atom is -0.450 e.